The van der Waals surface area contributed by atoms with Crippen molar-refractivity contribution in [2.24, 2.45) is 0 Å². The van der Waals surface area contributed by atoms with E-state index in [0.717, 1.165) is 3.57 Å². The van der Waals surface area contributed by atoms with E-state index >= 15 is 0 Å². The lowest BCUT2D eigenvalue weighted by molar-refractivity contribution is 0.251. The fraction of sp³-hybridized carbons (Fsp3) is 0.444. The van der Waals surface area contributed by atoms with E-state index in [1.807, 2.05) is 13.8 Å². The smallest absolute Gasteiger partial charge is 0.324 e. The molecule has 2 rings (SSSR count). The lowest BCUT2D eigenvalue weighted by atomic mass is 10.1. The summed E-state index contributed by atoms with van der Waals surface area (Å²) in [4.78, 5) is 21.5. The zero-order valence-corrected chi connectivity index (χ0v) is 10.6. The van der Waals surface area contributed by atoms with E-state index in [1.54, 1.807) is 17.3 Å². The summed E-state index contributed by atoms with van der Waals surface area (Å²) in [6.07, 6.45) is 3.40. The topological polar surface area (TPSA) is 58.1 Å². The third-order valence-electron chi connectivity index (χ3n) is 2.29. The van der Waals surface area contributed by atoms with Crippen LogP contribution in [0.5, 0.6) is 0 Å². The fourth-order valence-electron chi connectivity index (χ4n) is 1.51. The van der Waals surface area contributed by atoms with Crippen LogP contribution < -0.4 is 10.2 Å². The first-order valence-corrected chi connectivity index (χ1v) is 5.64. The summed E-state index contributed by atoms with van der Waals surface area (Å²) in [6, 6.07) is -0.138. The highest BCUT2D eigenvalue weighted by Gasteiger charge is 2.40. The molecule has 1 aromatic heterocycles. The van der Waals surface area contributed by atoms with Gasteiger partial charge in [-0.2, -0.15) is 0 Å². The summed E-state index contributed by atoms with van der Waals surface area (Å²) in [7, 11) is 0. The molecule has 0 aromatic carbocycles. The quantitative estimate of drug-likeness (QED) is 0.796. The van der Waals surface area contributed by atoms with E-state index < -0.39 is 0 Å². The van der Waals surface area contributed by atoms with Crippen molar-refractivity contribution in [1.29, 1.82) is 0 Å². The van der Waals surface area contributed by atoms with Gasteiger partial charge in [0.15, 0.2) is 0 Å². The molecule has 80 valence electrons. The number of halogens is 1. The highest BCUT2D eigenvalue weighted by Crippen LogP contribution is 2.24. The zero-order valence-electron chi connectivity index (χ0n) is 8.49. The summed E-state index contributed by atoms with van der Waals surface area (Å²) >= 11 is 2.13. The number of hydrogen-bond acceptors (Lipinski definition) is 3. The Bertz CT molecular complexity index is 390. The van der Waals surface area contributed by atoms with Gasteiger partial charge >= 0.3 is 6.03 Å². The van der Waals surface area contributed by atoms with Crippen LogP contribution in [0.3, 0.4) is 0 Å². The standard InChI is InChI=1S/C9H11IN4O/c1-9(2)5-13-8(15)14(9)7-11-3-6(10)4-12-7/h3-4H,5H2,1-2H3,(H,13,15). The van der Waals surface area contributed by atoms with Gasteiger partial charge in [0.25, 0.3) is 0 Å². The van der Waals surface area contributed by atoms with Gasteiger partial charge in [-0.3, -0.25) is 4.90 Å². The number of amides is 2. The Morgan fingerprint density at radius 1 is 1.47 bits per heavy atom. The third-order valence-corrected chi connectivity index (χ3v) is 2.84. The van der Waals surface area contributed by atoms with Crippen molar-refractivity contribution in [2.75, 3.05) is 11.4 Å². The number of carbonyl (C=O) groups excluding carboxylic acids is 1. The molecule has 1 fully saturated rings. The molecule has 2 amide bonds. The average molecular weight is 318 g/mol. The summed E-state index contributed by atoms with van der Waals surface area (Å²) in [5.74, 6) is 0.454. The van der Waals surface area contributed by atoms with Crippen molar-refractivity contribution in [3.63, 3.8) is 0 Å². The molecular formula is C9H11IN4O. The second kappa shape index (κ2) is 3.58. The molecule has 0 unspecified atom stereocenters. The predicted molar refractivity (Wildman–Crippen MR) is 64.7 cm³/mol. The lowest BCUT2D eigenvalue weighted by Crippen LogP contribution is -2.43. The second-order valence-electron chi connectivity index (χ2n) is 4.01. The number of carbonyl (C=O) groups is 1. The van der Waals surface area contributed by atoms with Crippen molar-refractivity contribution >= 4 is 34.6 Å². The van der Waals surface area contributed by atoms with Gasteiger partial charge in [-0.05, 0) is 36.4 Å². The maximum Gasteiger partial charge on any atom is 0.324 e. The predicted octanol–water partition coefficient (Wildman–Crippen LogP) is 1.39. The van der Waals surface area contributed by atoms with Gasteiger partial charge in [-0.1, -0.05) is 0 Å². The number of urea groups is 1. The van der Waals surface area contributed by atoms with Gasteiger partial charge in [-0.15, -0.1) is 0 Å². The molecule has 0 radical (unpaired) electrons. The molecule has 5 nitrogen and oxygen atoms in total. The van der Waals surface area contributed by atoms with E-state index in [4.69, 9.17) is 0 Å². The Morgan fingerprint density at radius 3 is 2.53 bits per heavy atom. The van der Waals surface area contributed by atoms with Crippen LogP contribution in [0.25, 0.3) is 0 Å². The van der Waals surface area contributed by atoms with Crippen molar-refractivity contribution < 1.29 is 4.79 Å². The molecule has 0 aliphatic carbocycles. The maximum atomic E-state index is 11.6. The number of nitrogens with zero attached hydrogens (tertiary/aromatic N) is 3. The summed E-state index contributed by atoms with van der Waals surface area (Å²) in [5.41, 5.74) is -0.274. The molecule has 1 N–H and O–H groups in total. The van der Waals surface area contributed by atoms with E-state index in [1.165, 1.54) is 0 Å². The van der Waals surface area contributed by atoms with E-state index in [2.05, 4.69) is 37.9 Å². The highest BCUT2D eigenvalue weighted by molar-refractivity contribution is 14.1. The van der Waals surface area contributed by atoms with Gasteiger partial charge in [-0.25, -0.2) is 14.8 Å². The number of rotatable bonds is 1. The first-order chi connectivity index (χ1) is 7.00. The van der Waals surface area contributed by atoms with Crippen LogP contribution in [-0.4, -0.2) is 28.1 Å². The van der Waals surface area contributed by atoms with E-state index in [9.17, 15) is 4.79 Å². The molecule has 0 saturated carbocycles. The largest absolute Gasteiger partial charge is 0.335 e. The maximum absolute atomic E-state index is 11.6. The molecule has 0 spiro atoms. The monoisotopic (exact) mass is 318 g/mol. The van der Waals surface area contributed by atoms with Crippen molar-refractivity contribution in [3.8, 4) is 0 Å². The molecule has 1 saturated heterocycles. The van der Waals surface area contributed by atoms with Crippen LogP contribution in [0.15, 0.2) is 12.4 Å². The molecular weight excluding hydrogens is 307 g/mol. The van der Waals surface area contributed by atoms with E-state index in [-0.39, 0.29) is 11.6 Å². The molecule has 0 bridgehead atoms. The van der Waals surface area contributed by atoms with Crippen molar-refractivity contribution in [2.45, 2.75) is 19.4 Å². The first-order valence-electron chi connectivity index (χ1n) is 4.56. The first kappa shape index (κ1) is 10.6. The van der Waals surface area contributed by atoms with Crippen LogP contribution in [0.2, 0.25) is 0 Å². The normalized spacial score (nSPS) is 19.1. The fourth-order valence-corrected chi connectivity index (χ4v) is 1.79. The molecule has 1 aliphatic heterocycles. The Labute approximate surface area is 101 Å². The highest BCUT2D eigenvalue weighted by atomic mass is 127. The minimum Gasteiger partial charge on any atom is -0.335 e. The van der Waals surface area contributed by atoms with Gasteiger partial charge < -0.3 is 5.32 Å². The van der Waals surface area contributed by atoms with Gasteiger partial charge in [0.1, 0.15) is 0 Å². The Balaban J connectivity index is 2.37. The van der Waals surface area contributed by atoms with Gasteiger partial charge in [0.2, 0.25) is 5.95 Å². The third kappa shape index (κ3) is 1.90. The zero-order chi connectivity index (χ0) is 11.1. The number of aromatic nitrogens is 2. The van der Waals surface area contributed by atoms with Crippen LogP contribution >= 0.6 is 22.6 Å². The minimum absolute atomic E-state index is 0.138. The minimum atomic E-state index is -0.274. The van der Waals surface area contributed by atoms with Crippen molar-refractivity contribution in [1.82, 2.24) is 15.3 Å². The van der Waals surface area contributed by atoms with Crippen LogP contribution in [-0.2, 0) is 0 Å². The average Bonchev–Trinajstić information content (AvgIpc) is 2.43. The lowest BCUT2D eigenvalue weighted by Gasteiger charge is -2.27. The SMILES string of the molecule is CC1(C)CNC(=O)N1c1ncc(I)cn1. The Hall–Kier alpha value is -0.920. The summed E-state index contributed by atoms with van der Waals surface area (Å²) < 4.78 is 0.953. The molecule has 6 heteroatoms. The Kier molecular flexibility index (Phi) is 2.53. The number of hydrogen-bond donors (Lipinski definition) is 1. The number of anilines is 1. The molecule has 2 heterocycles. The van der Waals surface area contributed by atoms with Crippen LogP contribution in [0.4, 0.5) is 10.7 Å². The van der Waals surface area contributed by atoms with Crippen molar-refractivity contribution in [3.05, 3.63) is 16.0 Å². The Morgan fingerprint density at radius 2 is 2.07 bits per heavy atom. The number of nitrogens with one attached hydrogen (secondary N) is 1. The summed E-state index contributed by atoms with van der Waals surface area (Å²) in [5, 5.41) is 2.78. The molecule has 0 atom stereocenters. The van der Waals surface area contributed by atoms with E-state index in [0.29, 0.717) is 12.5 Å². The van der Waals surface area contributed by atoms with Crippen LogP contribution in [0.1, 0.15) is 13.8 Å². The molecule has 1 aromatic rings. The van der Waals surface area contributed by atoms with Crippen LogP contribution in [0, 0.1) is 3.57 Å². The molecule has 1 aliphatic rings. The molecule has 15 heavy (non-hydrogen) atoms. The second-order valence-corrected chi connectivity index (χ2v) is 5.25. The van der Waals surface area contributed by atoms with Gasteiger partial charge in [0, 0.05) is 22.5 Å². The summed E-state index contributed by atoms with van der Waals surface area (Å²) in [6.45, 7) is 4.57. The van der Waals surface area contributed by atoms with Gasteiger partial charge in [0.05, 0.1) is 5.54 Å².